The van der Waals surface area contributed by atoms with Gasteiger partial charge in [0.25, 0.3) is 0 Å². The second kappa shape index (κ2) is 7.07. The quantitative estimate of drug-likeness (QED) is 0.903. The standard InChI is InChI=1S/C16H26N4O/c1-21-16-10-15(17-12-18-16)19-14-6-8-20(9-7-14)11-13-4-2-3-5-13/h10,12-14H,2-9,11H2,1H3,(H,17,18,19). The van der Waals surface area contributed by atoms with Gasteiger partial charge in [0, 0.05) is 31.7 Å². The number of aromatic nitrogens is 2. The van der Waals surface area contributed by atoms with Crippen LogP contribution in [-0.4, -0.2) is 47.7 Å². The summed E-state index contributed by atoms with van der Waals surface area (Å²) in [6, 6.07) is 2.38. The maximum absolute atomic E-state index is 5.14. The van der Waals surface area contributed by atoms with Crippen LogP contribution in [0, 0.1) is 5.92 Å². The van der Waals surface area contributed by atoms with Gasteiger partial charge < -0.3 is 15.0 Å². The van der Waals surface area contributed by atoms with Gasteiger partial charge in [0.2, 0.25) is 5.88 Å². The van der Waals surface area contributed by atoms with Crippen LogP contribution >= 0.6 is 0 Å². The molecule has 21 heavy (non-hydrogen) atoms. The van der Waals surface area contributed by atoms with Crippen molar-refractivity contribution in [3.63, 3.8) is 0 Å². The Morgan fingerprint density at radius 3 is 2.67 bits per heavy atom. The van der Waals surface area contributed by atoms with Crippen molar-refractivity contribution < 1.29 is 4.74 Å². The van der Waals surface area contributed by atoms with E-state index in [2.05, 4.69) is 20.2 Å². The summed E-state index contributed by atoms with van der Waals surface area (Å²) in [5.74, 6) is 2.45. The van der Waals surface area contributed by atoms with Crippen molar-refractivity contribution in [2.24, 2.45) is 5.92 Å². The summed E-state index contributed by atoms with van der Waals surface area (Å²) in [6.07, 6.45) is 9.71. The molecule has 5 heteroatoms. The molecule has 2 heterocycles. The third kappa shape index (κ3) is 4.06. The molecule has 1 aromatic rings. The molecule has 1 aromatic heterocycles. The minimum atomic E-state index is 0.518. The van der Waals surface area contributed by atoms with Gasteiger partial charge in [-0.3, -0.25) is 0 Å². The number of nitrogens with one attached hydrogen (secondary N) is 1. The molecule has 5 nitrogen and oxygen atoms in total. The molecule has 1 saturated carbocycles. The molecule has 1 aliphatic carbocycles. The third-order valence-corrected chi connectivity index (χ3v) is 4.78. The highest BCUT2D eigenvalue weighted by atomic mass is 16.5. The van der Waals surface area contributed by atoms with E-state index >= 15 is 0 Å². The molecule has 0 amide bonds. The Morgan fingerprint density at radius 1 is 1.19 bits per heavy atom. The fourth-order valence-corrected chi connectivity index (χ4v) is 3.56. The van der Waals surface area contributed by atoms with Crippen molar-refractivity contribution in [1.29, 1.82) is 0 Å². The minimum absolute atomic E-state index is 0.518. The van der Waals surface area contributed by atoms with Crippen LogP contribution in [0.3, 0.4) is 0 Å². The summed E-state index contributed by atoms with van der Waals surface area (Å²) in [4.78, 5) is 11.0. The molecule has 0 spiro atoms. The van der Waals surface area contributed by atoms with Gasteiger partial charge >= 0.3 is 0 Å². The van der Waals surface area contributed by atoms with Crippen molar-refractivity contribution in [1.82, 2.24) is 14.9 Å². The molecule has 0 bridgehead atoms. The molecule has 1 N–H and O–H groups in total. The second-order valence-electron chi connectivity index (χ2n) is 6.32. The first kappa shape index (κ1) is 14.6. The van der Waals surface area contributed by atoms with E-state index < -0.39 is 0 Å². The molecule has 2 aliphatic rings. The second-order valence-corrected chi connectivity index (χ2v) is 6.32. The predicted octanol–water partition coefficient (Wildman–Crippen LogP) is 2.55. The van der Waals surface area contributed by atoms with Gasteiger partial charge in [0.15, 0.2) is 0 Å². The average Bonchev–Trinajstić information content (AvgIpc) is 3.02. The topological polar surface area (TPSA) is 50.3 Å². The molecule has 2 fully saturated rings. The molecular formula is C16H26N4O. The number of hydrogen-bond donors (Lipinski definition) is 1. The Kier molecular flexibility index (Phi) is 4.91. The Hall–Kier alpha value is -1.36. The lowest BCUT2D eigenvalue weighted by Gasteiger charge is -2.34. The van der Waals surface area contributed by atoms with Crippen LogP contribution in [0.5, 0.6) is 5.88 Å². The number of likely N-dealkylation sites (tertiary alicyclic amines) is 1. The summed E-state index contributed by atoms with van der Waals surface area (Å²) in [7, 11) is 1.63. The number of methoxy groups -OCH3 is 1. The zero-order valence-electron chi connectivity index (χ0n) is 12.9. The SMILES string of the molecule is COc1cc(NC2CCN(CC3CCCC3)CC2)ncn1. The summed E-state index contributed by atoms with van der Waals surface area (Å²) < 4.78 is 5.14. The van der Waals surface area contributed by atoms with Crippen molar-refractivity contribution >= 4 is 5.82 Å². The lowest BCUT2D eigenvalue weighted by Crippen LogP contribution is -2.41. The molecule has 0 radical (unpaired) electrons. The molecule has 0 atom stereocenters. The Bertz CT molecular complexity index is 440. The zero-order chi connectivity index (χ0) is 14.5. The highest BCUT2D eigenvalue weighted by molar-refractivity contribution is 5.38. The van der Waals surface area contributed by atoms with E-state index in [1.807, 2.05) is 6.07 Å². The van der Waals surface area contributed by atoms with Crippen LogP contribution in [0.4, 0.5) is 5.82 Å². The maximum atomic E-state index is 5.14. The summed E-state index contributed by atoms with van der Waals surface area (Å²) in [5.41, 5.74) is 0. The van der Waals surface area contributed by atoms with Crippen LogP contribution in [0.2, 0.25) is 0 Å². The van der Waals surface area contributed by atoms with Gasteiger partial charge in [-0.15, -0.1) is 0 Å². The molecule has 0 unspecified atom stereocenters. The van der Waals surface area contributed by atoms with Gasteiger partial charge in [0.1, 0.15) is 12.1 Å². The monoisotopic (exact) mass is 290 g/mol. The smallest absolute Gasteiger partial charge is 0.218 e. The summed E-state index contributed by atoms with van der Waals surface area (Å²) in [6.45, 7) is 3.72. The minimum Gasteiger partial charge on any atom is -0.481 e. The van der Waals surface area contributed by atoms with Gasteiger partial charge in [-0.05, 0) is 31.6 Å². The zero-order valence-corrected chi connectivity index (χ0v) is 12.9. The first-order chi connectivity index (χ1) is 10.3. The van der Waals surface area contributed by atoms with E-state index in [0.29, 0.717) is 11.9 Å². The van der Waals surface area contributed by atoms with E-state index in [0.717, 1.165) is 11.7 Å². The third-order valence-electron chi connectivity index (χ3n) is 4.78. The Morgan fingerprint density at radius 2 is 1.95 bits per heavy atom. The predicted molar refractivity (Wildman–Crippen MR) is 83.6 cm³/mol. The van der Waals surface area contributed by atoms with E-state index in [9.17, 15) is 0 Å². The highest BCUT2D eigenvalue weighted by Gasteiger charge is 2.23. The lowest BCUT2D eigenvalue weighted by molar-refractivity contribution is 0.189. The molecular weight excluding hydrogens is 264 g/mol. The van der Waals surface area contributed by atoms with Gasteiger partial charge in [-0.2, -0.15) is 0 Å². The fraction of sp³-hybridized carbons (Fsp3) is 0.750. The Labute approximate surface area is 127 Å². The maximum Gasteiger partial charge on any atom is 0.218 e. The molecule has 116 valence electrons. The van der Waals surface area contributed by atoms with Gasteiger partial charge in [0.05, 0.1) is 7.11 Å². The largest absolute Gasteiger partial charge is 0.481 e. The number of nitrogens with zero attached hydrogens (tertiary/aromatic N) is 3. The normalized spacial score (nSPS) is 21.6. The number of hydrogen-bond acceptors (Lipinski definition) is 5. The van der Waals surface area contributed by atoms with E-state index in [1.165, 1.54) is 58.2 Å². The van der Waals surface area contributed by atoms with Crippen LogP contribution in [-0.2, 0) is 0 Å². The van der Waals surface area contributed by atoms with Crippen LogP contribution in [0.15, 0.2) is 12.4 Å². The number of rotatable bonds is 5. The van der Waals surface area contributed by atoms with E-state index in [-0.39, 0.29) is 0 Å². The van der Waals surface area contributed by atoms with Gasteiger partial charge in [-0.1, -0.05) is 12.8 Å². The molecule has 1 aliphatic heterocycles. The first-order valence-corrected chi connectivity index (χ1v) is 8.18. The number of ether oxygens (including phenoxy) is 1. The summed E-state index contributed by atoms with van der Waals surface area (Å²) >= 11 is 0. The van der Waals surface area contributed by atoms with Crippen molar-refractivity contribution in [2.45, 2.75) is 44.6 Å². The molecule has 1 saturated heterocycles. The number of anilines is 1. The van der Waals surface area contributed by atoms with Crippen molar-refractivity contribution in [3.05, 3.63) is 12.4 Å². The van der Waals surface area contributed by atoms with Crippen molar-refractivity contribution in [3.8, 4) is 5.88 Å². The van der Waals surface area contributed by atoms with E-state index in [1.54, 1.807) is 13.4 Å². The fourth-order valence-electron chi connectivity index (χ4n) is 3.56. The molecule has 0 aromatic carbocycles. The van der Waals surface area contributed by atoms with Gasteiger partial charge in [-0.25, -0.2) is 9.97 Å². The lowest BCUT2D eigenvalue weighted by atomic mass is 10.0. The molecule has 3 rings (SSSR count). The Balaban J connectivity index is 1.44. The van der Waals surface area contributed by atoms with Crippen molar-refractivity contribution in [2.75, 3.05) is 32.1 Å². The average molecular weight is 290 g/mol. The van der Waals surface area contributed by atoms with Crippen LogP contribution < -0.4 is 10.1 Å². The summed E-state index contributed by atoms with van der Waals surface area (Å²) in [5, 5.41) is 3.51. The highest BCUT2D eigenvalue weighted by Crippen LogP contribution is 2.27. The van der Waals surface area contributed by atoms with Crippen LogP contribution in [0.25, 0.3) is 0 Å². The van der Waals surface area contributed by atoms with E-state index in [4.69, 9.17) is 4.74 Å². The first-order valence-electron chi connectivity index (χ1n) is 8.18. The number of piperidine rings is 1. The van der Waals surface area contributed by atoms with Crippen LogP contribution in [0.1, 0.15) is 38.5 Å².